The summed E-state index contributed by atoms with van der Waals surface area (Å²) in [7, 11) is 0. The van der Waals surface area contributed by atoms with E-state index in [1.807, 2.05) is 37.3 Å². The summed E-state index contributed by atoms with van der Waals surface area (Å²) in [6, 6.07) is 9.99. The first-order chi connectivity index (χ1) is 10.1. The van der Waals surface area contributed by atoms with Crippen LogP contribution >= 0.6 is 15.9 Å². The first-order valence-electron chi connectivity index (χ1n) is 7.11. The van der Waals surface area contributed by atoms with Gasteiger partial charge in [0.2, 0.25) is 5.91 Å². The molecule has 0 aliphatic heterocycles. The number of nitrogens with zero attached hydrogens (tertiary/aromatic N) is 1. The molecule has 3 nitrogen and oxygen atoms in total. The van der Waals surface area contributed by atoms with Gasteiger partial charge >= 0.3 is 0 Å². The largest absolute Gasteiger partial charge is 0.348 e. The number of para-hydroxylation sites is 1. The zero-order valence-electron chi connectivity index (χ0n) is 12.3. The van der Waals surface area contributed by atoms with Gasteiger partial charge in [-0.2, -0.15) is 0 Å². The Kier molecular flexibility index (Phi) is 5.51. The highest BCUT2D eigenvalue weighted by Crippen LogP contribution is 2.20. The minimum Gasteiger partial charge on any atom is -0.348 e. The molecule has 2 rings (SSSR count). The Labute approximate surface area is 133 Å². The molecule has 1 aromatic carbocycles. The maximum absolute atomic E-state index is 12.0. The van der Waals surface area contributed by atoms with Gasteiger partial charge in [-0.25, -0.2) is 4.98 Å². The Morgan fingerprint density at radius 1 is 1.38 bits per heavy atom. The van der Waals surface area contributed by atoms with Gasteiger partial charge in [0.05, 0.1) is 5.52 Å². The molecule has 1 amide bonds. The molecular formula is C17H19BrN2O. The number of aromatic nitrogens is 1. The van der Waals surface area contributed by atoms with Crippen LogP contribution in [0.25, 0.3) is 10.9 Å². The van der Waals surface area contributed by atoms with Crippen LogP contribution in [0.4, 0.5) is 0 Å². The smallest absolute Gasteiger partial charge is 0.246 e. The lowest BCUT2D eigenvalue weighted by molar-refractivity contribution is -0.117. The number of nitrogens with one attached hydrogen (secondary N) is 1. The van der Waals surface area contributed by atoms with E-state index in [-0.39, 0.29) is 5.91 Å². The first kappa shape index (κ1) is 15.7. The summed E-state index contributed by atoms with van der Waals surface area (Å²) in [4.78, 5) is 16.5. The fourth-order valence-electron chi connectivity index (χ4n) is 2.03. The molecule has 0 saturated carbocycles. The van der Waals surface area contributed by atoms with Crippen molar-refractivity contribution < 1.29 is 4.79 Å². The quantitative estimate of drug-likeness (QED) is 0.645. The molecule has 0 saturated heterocycles. The summed E-state index contributed by atoms with van der Waals surface area (Å²) in [5.41, 5.74) is 2.69. The van der Waals surface area contributed by atoms with Gasteiger partial charge in [0, 0.05) is 23.1 Å². The van der Waals surface area contributed by atoms with E-state index in [4.69, 9.17) is 0 Å². The third-order valence-electron chi connectivity index (χ3n) is 3.29. The topological polar surface area (TPSA) is 42.0 Å². The van der Waals surface area contributed by atoms with Gasteiger partial charge < -0.3 is 5.32 Å². The van der Waals surface area contributed by atoms with Crippen LogP contribution in [-0.2, 0) is 11.3 Å². The van der Waals surface area contributed by atoms with Crippen LogP contribution in [0.2, 0.25) is 0 Å². The number of amides is 1. The second-order valence-corrected chi connectivity index (χ2v) is 5.74. The van der Waals surface area contributed by atoms with Crippen molar-refractivity contribution in [2.24, 2.45) is 0 Å². The van der Waals surface area contributed by atoms with Crippen LogP contribution < -0.4 is 5.32 Å². The molecule has 0 unspecified atom stereocenters. The maximum Gasteiger partial charge on any atom is 0.246 e. The average molecular weight is 347 g/mol. The first-order valence-corrected chi connectivity index (χ1v) is 7.90. The highest BCUT2D eigenvalue weighted by Gasteiger charge is 2.07. The fraction of sp³-hybridized carbons (Fsp3) is 0.294. The maximum atomic E-state index is 12.0. The molecule has 0 bridgehead atoms. The molecule has 110 valence electrons. The number of rotatable bonds is 5. The van der Waals surface area contributed by atoms with Gasteiger partial charge in [-0.3, -0.25) is 4.79 Å². The van der Waals surface area contributed by atoms with E-state index in [1.165, 1.54) is 0 Å². The van der Waals surface area contributed by atoms with Crippen molar-refractivity contribution in [3.63, 3.8) is 0 Å². The molecule has 1 heterocycles. The molecule has 1 N–H and O–H groups in total. The molecule has 1 aromatic heterocycles. The van der Waals surface area contributed by atoms with Crippen molar-refractivity contribution in [3.05, 3.63) is 52.1 Å². The number of hydrogen-bond acceptors (Lipinski definition) is 2. The molecule has 2 aromatic rings. The summed E-state index contributed by atoms with van der Waals surface area (Å²) in [5, 5.41) is 4.01. The average Bonchev–Trinajstić information content (AvgIpc) is 2.50. The predicted octanol–water partition coefficient (Wildman–Crippen LogP) is 4.36. The fourth-order valence-corrected chi connectivity index (χ4v) is 2.47. The van der Waals surface area contributed by atoms with Gasteiger partial charge in [0.25, 0.3) is 0 Å². The van der Waals surface area contributed by atoms with Crippen molar-refractivity contribution >= 4 is 32.7 Å². The number of benzene rings is 1. The lowest BCUT2D eigenvalue weighted by Gasteiger charge is -2.08. The Morgan fingerprint density at radius 2 is 2.14 bits per heavy atom. The van der Waals surface area contributed by atoms with E-state index >= 15 is 0 Å². The molecular weight excluding hydrogens is 328 g/mol. The van der Waals surface area contributed by atoms with Crippen LogP contribution in [0, 0.1) is 0 Å². The number of carbonyl (C=O) groups excluding carboxylic acids is 1. The number of fused-ring (bicyclic) bond motifs is 1. The highest BCUT2D eigenvalue weighted by molar-refractivity contribution is 9.10. The van der Waals surface area contributed by atoms with Crippen LogP contribution in [0.1, 0.15) is 32.3 Å². The van der Waals surface area contributed by atoms with E-state index in [0.29, 0.717) is 6.54 Å². The van der Waals surface area contributed by atoms with Gasteiger partial charge in [-0.05, 0) is 41.4 Å². The SMILES string of the molecule is CCC/C=C(\C)C(=O)NCc1cc2ccccc2nc1Br. The van der Waals surface area contributed by atoms with Crippen molar-refractivity contribution in [1.29, 1.82) is 0 Å². The van der Waals surface area contributed by atoms with Gasteiger partial charge in [-0.15, -0.1) is 0 Å². The zero-order valence-corrected chi connectivity index (χ0v) is 13.9. The number of allylic oxidation sites excluding steroid dienone is 1. The van der Waals surface area contributed by atoms with E-state index in [2.05, 4.69) is 39.2 Å². The molecule has 0 spiro atoms. The molecule has 21 heavy (non-hydrogen) atoms. The van der Waals surface area contributed by atoms with Crippen LogP contribution in [-0.4, -0.2) is 10.9 Å². The minimum absolute atomic E-state index is 0.0245. The predicted molar refractivity (Wildman–Crippen MR) is 90.0 cm³/mol. The molecule has 0 radical (unpaired) electrons. The van der Waals surface area contributed by atoms with Crippen molar-refractivity contribution in [2.45, 2.75) is 33.2 Å². The van der Waals surface area contributed by atoms with E-state index < -0.39 is 0 Å². The number of halogens is 1. The molecule has 0 fully saturated rings. The summed E-state index contributed by atoms with van der Waals surface area (Å²) in [6.07, 6.45) is 3.95. The summed E-state index contributed by atoms with van der Waals surface area (Å²) in [6.45, 7) is 4.41. The zero-order chi connectivity index (χ0) is 15.2. The standard InChI is InChI=1S/C17H19BrN2O/c1-3-4-7-12(2)17(21)19-11-14-10-13-8-5-6-9-15(13)20-16(14)18/h5-10H,3-4,11H2,1-2H3,(H,19,21)/b12-7+. The van der Waals surface area contributed by atoms with Gasteiger partial charge in [0.15, 0.2) is 0 Å². The van der Waals surface area contributed by atoms with E-state index in [0.717, 1.165) is 39.5 Å². The second-order valence-electron chi connectivity index (χ2n) is 4.99. The van der Waals surface area contributed by atoms with Crippen LogP contribution in [0.5, 0.6) is 0 Å². The summed E-state index contributed by atoms with van der Waals surface area (Å²) in [5.74, 6) is -0.0245. The number of hydrogen-bond donors (Lipinski definition) is 1. The molecule has 0 aliphatic rings. The highest BCUT2D eigenvalue weighted by atomic mass is 79.9. The normalized spacial score (nSPS) is 11.7. The third kappa shape index (κ3) is 4.14. The lowest BCUT2D eigenvalue weighted by atomic mass is 10.1. The third-order valence-corrected chi connectivity index (χ3v) is 3.97. The monoisotopic (exact) mass is 346 g/mol. The van der Waals surface area contributed by atoms with E-state index in [1.54, 1.807) is 0 Å². The minimum atomic E-state index is -0.0245. The molecule has 0 atom stereocenters. The Bertz CT molecular complexity index is 680. The Morgan fingerprint density at radius 3 is 2.90 bits per heavy atom. The van der Waals surface area contributed by atoms with E-state index in [9.17, 15) is 4.79 Å². The summed E-state index contributed by atoms with van der Waals surface area (Å²) >= 11 is 3.47. The number of carbonyl (C=O) groups is 1. The van der Waals surface area contributed by atoms with Crippen molar-refractivity contribution in [3.8, 4) is 0 Å². The van der Waals surface area contributed by atoms with Crippen LogP contribution in [0.3, 0.4) is 0 Å². The molecule has 0 aliphatic carbocycles. The molecule has 4 heteroatoms. The number of unbranched alkanes of at least 4 members (excludes halogenated alkanes) is 1. The Balaban J connectivity index is 2.10. The second kappa shape index (κ2) is 7.36. The van der Waals surface area contributed by atoms with Gasteiger partial charge in [-0.1, -0.05) is 37.6 Å². The van der Waals surface area contributed by atoms with Crippen molar-refractivity contribution in [2.75, 3.05) is 0 Å². The summed E-state index contributed by atoms with van der Waals surface area (Å²) < 4.78 is 0.775. The number of pyridine rings is 1. The van der Waals surface area contributed by atoms with Crippen molar-refractivity contribution in [1.82, 2.24) is 10.3 Å². The lowest BCUT2D eigenvalue weighted by Crippen LogP contribution is -2.23. The Hall–Kier alpha value is -1.68. The van der Waals surface area contributed by atoms with Crippen LogP contribution in [0.15, 0.2) is 46.6 Å². The van der Waals surface area contributed by atoms with Gasteiger partial charge in [0.1, 0.15) is 4.60 Å².